The molecule has 3 aliphatic rings. The van der Waals surface area contributed by atoms with Gasteiger partial charge in [-0.25, -0.2) is 4.98 Å². The minimum absolute atomic E-state index is 0.349. The highest BCUT2D eigenvalue weighted by atomic mass is 16.7. The molecule has 1 N–H and O–H groups in total. The fourth-order valence-corrected chi connectivity index (χ4v) is 3.05. The zero-order valence-corrected chi connectivity index (χ0v) is 11.9. The summed E-state index contributed by atoms with van der Waals surface area (Å²) in [5.74, 6) is 1.40. The molecule has 21 heavy (non-hydrogen) atoms. The molecule has 7 heteroatoms. The first-order valence-corrected chi connectivity index (χ1v) is 7.48. The third-order valence-corrected chi connectivity index (χ3v) is 4.20. The van der Waals surface area contributed by atoms with Crippen molar-refractivity contribution in [2.75, 3.05) is 44.3 Å². The van der Waals surface area contributed by atoms with Gasteiger partial charge in [-0.2, -0.15) is 0 Å². The fourth-order valence-electron chi connectivity index (χ4n) is 3.05. The summed E-state index contributed by atoms with van der Waals surface area (Å²) >= 11 is 0. The van der Waals surface area contributed by atoms with Gasteiger partial charge in [-0.05, 0) is 0 Å². The minimum atomic E-state index is -0.349. The first-order valence-electron chi connectivity index (χ1n) is 7.48. The Kier molecular flexibility index (Phi) is 3.23. The summed E-state index contributed by atoms with van der Waals surface area (Å²) < 4.78 is 11.5. The molecule has 1 aromatic rings. The summed E-state index contributed by atoms with van der Waals surface area (Å²) in [5, 5.41) is 3.23. The Morgan fingerprint density at radius 3 is 2.67 bits per heavy atom. The van der Waals surface area contributed by atoms with E-state index in [4.69, 9.17) is 9.47 Å². The lowest BCUT2D eigenvalue weighted by Crippen LogP contribution is -2.45. The first kappa shape index (κ1) is 13.0. The predicted octanol–water partition coefficient (Wildman–Crippen LogP) is 0.170. The second kappa shape index (κ2) is 5.23. The number of piperidine rings is 1. The number of nitrogens with one attached hydrogen (secondary N) is 1. The Morgan fingerprint density at radius 1 is 1.14 bits per heavy atom. The molecule has 0 aliphatic carbocycles. The van der Waals surface area contributed by atoms with Crippen LogP contribution in [-0.2, 0) is 9.47 Å². The van der Waals surface area contributed by atoms with E-state index in [1.165, 1.54) is 0 Å². The predicted molar refractivity (Wildman–Crippen MR) is 77.5 cm³/mol. The first-order chi connectivity index (χ1) is 10.3. The quantitative estimate of drug-likeness (QED) is 0.837. The van der Waals surface area contributed by atoms with Crippen molar-refractivity contribution in [1.29, 1.82) is 0 Å². The summed E-state index contributed by atoms with van der Waals surface area (Å²) in [6, 6.07) is 0. The van der Waals surface area contributed by atoms with Crippen LogP contribution in [-0.4, -0.2) is 61.0 Å². The topological polar surface area (TPSA) is 71.9 Å². The highest BCUT2D eigenvalue weighted by molar-refractivity contribution is 5.98. The summed E-state index contributed by atoms with van der Waals surface area (Å²) in [6.07, 6.45) is 5.32. The highest BCUT2D eigenvalue weighted by Gasteiger charge is 2.40. The number of amidine groups is 1. The lowest BCUT2D eigenvalue weighted by atomic mass is 10.0. The Morgan fingerprint density at radius 2 is 1.95 bits per heavy atom. The third kappa shape index (κ3) is 2.47. The van der Waals surface area contributed by atoms with Crippen LogP contribution < -0.4 is 10.2 Å². The Balaban J connectivity index is 1.48. The lowest BCUT2D eigenvalue weighted by Gasteiger charge is -2.38. The monoisotopic (exact) mass is 289 g/mol. The van der Waals surface area contributed by atoms with E-state index in [1.54, 1.807) is 6.20 Å². The molecule has 0 bridgehead atoms. The zero-order chi connectivity index (χ0) is 14.1. The van der Waals surface area contributed by atoms with Gasteiger partial charge in [-0.15, -0.1) is 0 Å². The van der Waals surface area contributed by atoms with Crippen LogP contribution in [0.15, 0.2) is 17.4 Å². The standard InChI is InChI=1S/C14H19N5O2/c1-5-19(6-2-14(1)20-7-8-21-14)12-10-15-9-11(18-12)13-16-3-4-17-13/h9-10H,1-8H2,(H,16,17). The van der Waals surface area contributed by atoms with Gasteiger partial charge in [0.25, 0.3) is 0 Å². The molecule has 0 atom stereocenters. The van der Waals surface area contributed by atoms with Crippen molar-refractivity contribution >= 4 is 11.7 Å². The van der Waals surface area contributed by atoms with Crippen molar-refractivity contribution < 1.29 is 9.47 Å². The van der Waals surface area contributed by atoms with E-state index in [2.05, 4.69) is 25.2 Å². The molecular formula is C14H19N5O2. The molecule has 1 aromatic heterocycles. The molecule has 4 rings (SSSR count). The van der Waals surface area contributed by atoms with E-state index in [0.717, 1.165) is 56.4 Å². The van der Waals surface area contributed by atoms with Crippen molar-refractivity contribution in [2.24, 2.45) is 4.99 Å². The average Bonchev–Trinajstić information content (AvgIpc) is 3.20. The molecule has 3 aliphatic heterocycles. The maximum absolute atomic E-state index is 5.76. The molecule has 0 aromatic carbocycles. The highest BCUT2D eigenvalue weighted by Crippen LogP contribution is 2.32. The summed E-state index contributed by atoms with van der Waals surface area (Å²) in [7, 11) is 0. The van der Waals surface area contributed by atoms with Crippen molar-refractivity contribution in [3.63, 3.8) is 0 Å². The van der Waals surface area contributed by atoms with Crippen LogP contribution in [0.1, 0.15) is 18.5 Å². The second-order valence-electron chi connectivity index (χ2n) is 5.51. The van der Waals surface area contributed by atoms with E-state index < -0.39 is 0 Å². The van der Waals surface area contributed by atoms with Gasteiger partial charge in [0, 0.05) is 32.5 Å². The van der Waals surface area contributed by atoms with E-state index in [-0.39, 0.29) is 5.79 Å². The number of aliphatic imine (C=N–C) groups is 1. The lowest BCUT2D eigenvalue weighted by molar-refractivity contribution is -0.169. The van der Waals surface area contributed by atoms with Gasteiger partial charge in [0.05, 0.1) is 32.2 Å². The Hall–Kier alpha value is -1.73. The SMILES string of the molecule is c1ncc(N2CCC3(CC2)OCCO3)nc1C1=NCCN1. The van der Waals surface area contributed by atoms with Gasteiger partial charge in [0.2, 0.25) is 0 Å². The van der Waals surface area contributed by atoms with Crippen LogP contribution in [0.25, 0.3) is 0 Å². The molecule has 1 spiro atoms. The molecule has 0 amide bonds. The van der Waals surface area contributed by atoms with Crippen LogP contribution >= 0.6 is 0 Å². The maximum atomic E-state index is 5.76. The number of hydrogen-bond donors (Lipinski definition) is 1. The van der Waals surface area contributed by atoms with E-state index >= 15 is 0 Å². The maximum Gasteiger partial charge on any atom is 0.171 e. The van der Waals surface area contributed by atoms with Gasteiger partial charge in [-0.1, -0.05) is 0 Å². The van der Waals surface area contributed by atoms with E-state index in [0.29, 0.717) is 13.2 Å². The molecule has 0 unspecified atom stereocenters. The molecular weight excluding hydrogens is 270 g/mol. The van der Waals surface area contributed by atoms with Crippen LogP contribution in [0.3, 0.4) is 0 Å². The van der Waals surface area contributed by atoms with Crippen molar-refractivity contribution in [3.8, 4) is 0 Å². The van der Waals surface area contributed by atoms with Crippen LogP contribution in [0.5, 0.6) is 0 Å². The van der Waals surface area contributed by atoms with E-state index in [9.17, 15) is 0 Å². The number of ether oxygens (including phenoxy) is 2. The largest absolute Gasteiger partial charge is 0.367 e. The van der Waals surface area contributed by atoms with Crippen molar-refractivity contribution in [2.45, 2.75) is 18.6 Å². The van der Waals surface area contributed by atoms with Crippen LogP contribution in [0.4, 0.5) is 5.82 Å². The Bertz CT molecular complexity index is 546. The number of anilines is 1. The molecule has 7 nitrogen and oxygen atoms in total. The number of hydrogen-bond acceptors (Lipinski definition) is 7. The number of nitrogens with zero attached hydrogens (tertiary/aromatic N) is 4. The van der Waals surface area contributed by atoms with Gasteiger partial charge in [-0.3, -0.25) is 9.98 Å². The summed E-state index contributed by atoms with van der Waals surface area (Å²) in [4.78, 5) is 15.6. The number of aromatic nitrogens is 2. The summed E-state index contributed by atoms with van der Waals surface area (Å²) in [6.45, 7) is 4.85. The van der Waals surface area contributed by atoms with Gasteiger partial charge < -0.3 is 19.7 Å². The van der Waals surface area contributed by atoms with Crippen molar-refractivity contribution in [3.05, 3.63) is 18.1 Å². The smallest absolute Gasteiger partial charge is 0.171 e. The Labute approximate surface area is 123 Å². The van der Waals surface area contributed by atoms with Gasteiger partial charge in [0.15, 0.2) is 5.79 Å². The van der Waals surface area contributed by atoms with E-state index in [1.807, 2.05) is 6.20 Å². The van der Waals surface area contributed by atoms with Crippen LogP contribution in [0.2, 0.25) is 0 Å². The molecule has 2 saturated heterocycles. The average molecular weight is 289 g/mol. The van der Waals surface area contributed by atoms with Gasteiger partial charge in [0.1, 0.15) is 17.3 Å². The molecule has 0 saturated carbocycles. The zero-order valence-electron chi connectivity index (χ0n) is 11.9. The summed E-state index contributed by atoms with van der Waals surface area (Å²) in [5.41, 5.74) is 0.818. The van der Waals surface area contributed by atoms with Crippen LogP contribution in [0, 0.1) is 0 Å². The fraction of sp³-hybridized carbons (Fsp3) is 0.643. The van der Waals surface area contributed by atoms with Gasteiger partial charge >= 0.3 is 0 Å². The third-order valence-electron chi connectivity index (χ3n) is 4.20. The molecule has 2 fully saturated rings. The number of rotatable bonds is 2. The molecule has 0 radical (unpaired) electrons. The normalized spacial score (nSPS) is 24.2. The minimum Gasteiger partial charge on any atom is -0.367 e. The molecule has 112 valence electrons. The van der Waals surface area contributed by atoms with Crippen molar-refractivity contribution in [1.82, 2.24) is 15.3 Å². The molecule has 4 heterocycles. The second-order valence-corrected chi connectivity index (χ2v) is 5.51.